The maximum absolute atomic E-state index is 5.37. The summed E-state index contributed by atoms with van der Waals surface area (Å²) in [6.07, 6.45) is 2.77. The quantitative estimate of drug-likeness (QED) is 0.861. The van der Waals surface area contributed by atoms with E-state index in [9.17, 15) is 0 Å². The summed E-state index contributed by atoms with van der Waals surface area (Å²) < 4.78 is 18.7. The predicted molar refractivity (Wildman–Crippen MR) is 80.0 cm³/mol. The summed E-state index contributed by atoms with van der Waals surface area (Å²) in [6.45, 7) is 2.08. The number of rotatable bonds is 5. The Balaban J connectivity index is 2.69. The number of aromatic nitrogens is 2. The zero-order valence-electron chi connectivity index (χ0n) is 12.0. The highest BCUT2D eigenvalue weighted by Crippen LogP contribution is 2.39. The van der Waals surface area contributed by atoms with E-state index in [1.807, 2.05) is 22.9 Å². The van der Waals surface area contributed by atoms with Crippen LogP contribution < -0.4 is 14.2 Å². The van der Waals surface area contributed by atoms with Crippen LogP contribution in [-0.2, 0) is 6.42 Å². The molecule has 0 saturated carbocycles. The second-order valence-corrected chi connectivity index (χ2v) is 4.54. The normalized spacial score (nSPS) is 10.4. The van der Waals surface area contributed by atoms with E-state index in [0.717, 1.165) is 17.8 Å². The monoisotopic (exact) mass is 294 g/mol. The number of H-pyrrole nitrogens is 1. The fraction of sp³-hybridized carbons (Fsp3) is 0.357. The van der Waals surface area contributed by atoms with Crippen molar-refractivity contribution >= 4 is 12.2 Å². The van der Waals surface area contributed by atoms with Gasteiger partial charge in [-0.3, -0.25) is 4.57 Å². The minimum atomic E-state index is 0.568. The van der Waals surface area contributed by atoms with Gasteiger partial charge >= 0.3 is 0 Å². The molecule has 5 nitrogen and oxygen atoms in total. The molecule has 1 aromatic heterocycles. The topological polar surface area (TPSA) is 48.4 Å². The Kier molecular flexibility index (Phi) is 4.34. The Bertz CT molecular complexity index is 636. The minimum absolute atomic E-state index is 0.568. The molecule has 0 unspecified atom stereocenters. The highest BCUT2D eigenvalue weighted by atomic mass is 32.1. The number of nitrogens with zero attached hydrogens (tertiary/aromatic N) is 1. The molecule has 0 aliphatic carbocycles. The van der Waals surface area contributed by atoms with Crippen molar-refractivity contribution in [1.29, 1.82) is 0 Å². The van der Waals surface area contributed by atoms with Crippen molar-refractivity contribution in [2.75, 3.05) is 21.3 Å². The molecule has 0 saturated heterocycles. The van der Waals surface area contributed by atoms with Crippen molar-refractivity contribution in [1.82, 2.24) is 9.55 Å². The molecule has 0 bridgehead atoms. The summed E-state index contributed by atoms with van der Waals surface area (Å²) in [4.78, 5) is 3.06. The third kappa shape index (κ3) is 2.38. The van der Waals surface area contributed by atoms with E-state index in [0.29, 0.717) is 22.0 Å². The van der Waals surface area contributed by atoms with E-state index < -0.39 is 0 Å². The molecule has 2 aromatic rings. The van der Waals surface area contributed by atoms with Crippen LogP contribution in [0.5, 0.6) is 17.2 Å². The van der Waals surface area contributed by atoms with E-state index in [4.69, 9.17) is 26.4 Å². The molecule has 1 aromatic carbocycles. The van der Waals surface area contributed by atoms with Crippen LogP contribution in [0.4, 0.5) is 0 Å². The van der Waals surface area contributed by atoms with Gasteiger partial charge in [-0.1, -0.05) is 6.92 Å². The third-order valence-electron chi connectivity index (χ3n) is 3.12. The number of nitrogens with one attached hydrogen (secondary N) is 1. The summed E-state index contributed by atoms with van der Waals surface area (Å²) in [5.74, 6) is 1.78. The van der Waals surface area contributed by atoms with Crippen LogP contribution >= 0.6 is 12.2 Å². The fourth-order valence-electron chi connectivity index (χ4n) is 2.14. The van der Waals surface area contributed by atoms with Gasteiger partial charge in [0.25, 0.3) is 0 Å². The standard InChI is InChI=1S/C14H18N2O3S/c1-5-9-8-15-14(20)16(9)10-6-11(17-2)13(19-4)12(7-10)18-3/h6-8H,5H2,1-4H3,(H,15,20). The first kappa shape index (κ1) is 14.5. The lowest BCUT2D eigenvalue weighted by Gasteiger charge is -2.15. The van der Waals surface area contributed by atoms with Gasteiger partial charge in [0.05, 0.1) is 27.0 Å². The molecular formula is C14H18N2O3S. The van der Waals surface area contributed by atoms with Crippen LogP contribution in [0.25, 0.3) is 5.69 Å². The van der Waals surface area contributed by atoms with Crippen molar-refractivity contribution < 1.29 is 14.2 Å². The van der Waals surface area contributed by atoms with Crippen LogP contribution in [-0.4, -0.2) is 30.9 Å². The zero-order valence-corrected chi connectivity index (χ0v) is 12.8. The van der Waals surface area contributed by atoms with Crippen molar-refractivity contribution in [3.63, 3.8) is 0 Å². The van der Waals surface area contributed by atoms with Crippen LogP contribution in [0.3, 0.4) is 0 Å². The maximum atomic E-state index is 5.37. The maximum Gasteiger partial charge on any atom is 0.203 e. The van der Waals surface area contributed by atoms with Crippen molar-refractivity contribution in [3.05, 3.63) is 28.8 Å². The van der Waals surface area contributed by atoms with Crippen molar-refractivity contribution in [3.8, 4) is 22.9 Å². The van der Waals surface area contributed by atoms with E-state index in [-0.39, 0.29) is 0 Å². The molecule has 1 heterocycles. The molecule has 1 N–H and O–H groups in total. The van der Waals surface area contributed by atoms with Gasteiger partial charge in [-0.15, -0.1) is 0 Å². The first-order valence-corrected chi connectivity index (χ1v) is 6.66. The highest BCUT2D eigenvalue weighted by molar-refractivity contribution is 7.71. The lowest BCUT2D eigenvalue weighted by Crippen LogP contribution is -2.02. The number of aryl methyl sites for hydroxylation is 1. The van der Waals surface area contributed by atoms with Gasteiger partial charge in [0, 0.05) is 24.0 Å². The SMILES string of the molecule is CCc1c[nH]c(=S)n1-c1cc(OC)c(OC)c(OC)c1. The molecule has 6 heteroatoms. The molecule has 2 rings (SSSR count). The van der Waals surface area contributed by atoms with Crippen LogP contribution in [0.2, 0.25) is 0 Å². The fourth-order valence-corrected chi connectivity index (χ4v) is 2.43. The molecule has 0 aliphatic heterocycles. The van der Waals surface area contributed by atoms with E-state index in [1.165, 1.54) is 0 Å². The second-order valence-electron chi connectivity index (χ2n) is 4.16. The Hall–Kier alpha value is -1.95. The van der Waals surface area contributed by atoms with Gasteiger partial charge in [-0.25, -0.2) is 0 Å². The molecule has 0 atom stereocenters. The molecule has 0 fully saturated rings. The Morgan fingerprint density at radius 3 is 2.15 bits per heavy atom. The average molecular weight is 294 g/mol. The summed E-state index contributed by atoms with van der Waals surface area (Å²) in [5, 5.41) is 0. The molecule has 0 aliphatic rings. The third-order valence-corrected chi connectivity index (χ3v) is 3.42. The summed E-state index contributed by atoms with van der Waals surface area (Å²) in [6, 6.07) is 3.76. The highest BCUT2D eigenvalue weighted by Gasteiger charge is 2.15. The van der Waals surface area contributed by atoms with E-state index >= 15 is 0 Å². The molecule has 0 spiro atoms. The summed E-state index contributed by atoms with van der Waals surface area (Å²) in [7, 11) is 4.77. The van der Waals surface area contributed by atoms with Crippen LogP contribution in [0.15, 0.2) is 18.3 Å². The van der Waals surface area contributed by atoms with Crippen LogP contribution in [0, 0.1) is 4.77 Å². The summed E-state index contributed by atoms with van der Waals surface area (Å²) in [5.41, 5.74) is 1.96. The van der Waals surface area contributed by atoms with Crippen molar-refractivity contribution in [2.24, 2.45) is 0 Å². The number of hydrogen-bond acceptors (Lipinski definition) is 4. The van der Waals surface area contributed by atoms with Crippen LogP contribution in [0.1, 0.15) is 12.6 Å². The number of methoxy groups -OCH3 is 3. The second kappa shape index (κ2) is 6.00. The smallest absolute Gasteiger partial charge is 0.203 e. The van der Waals surface area contributed by atoms with Gasteiger partial charge in [-0.2, -0.15) is 0 Å². The van der Waals surface area contributed by atoms with Gasteiger partial charge in [0.2, 0.25) is 5.75 Å². The predicted octanol–water partition coefficient (Wildman–Crippen LogP) is 3.12. The minimum Gasteiger partial charge on any atom is -0.493 e. The number of benzene rings is 1. The molecule has 0 radical (unpaired) electrons. The number of imidazole rings is 1. The number of aromatic amines is 1. The summed E-state index contributed by atoms with van der Waals surface area (Å²) >= 11 is 5.34. The molecule has 108 valence electrons. The number of hydrogen-bond donors (Lipinski definition) is 1. The van der Waals surface area contributed by atoms with Gasteiger partial charge in [-0.05, 0) is 18.6 Å². The molecular weight excluding hydrogens is 276 g/mol. The first-order chi connectivity index (χ1) is 9.65. The van der Waals surface area contributed by atoms with Gasteiger partial charge in [0.1, 0.15) is 0 Å². The van der Waals surface area contributed by atoms with Gasteiger partial charge in [0.15, 0.2) is 16.3 Å². The Morgan fingerprint density at radius 1 is 1.10 bits per heavy atom. The Morgan fingerprint density at radius 2 is 1.70 bits per heavy atom. The van der Waals surface area contributed by atoms with E-state index in [2.05, 4.69) is 11.9 Å². The first-order valence-electron chi connectivity index (χ1n) is 6.25. The van der Waals surface area contributed by atoms with E-state index in [1.54, 1.807) is 21.3 Å². The lowest BCUT2D eigenvalue weighted by atomic mass is 10.2. The molecule has 20 heavy (non-hydrogen) atoms. The zero-order chi connectivity index (χ0) is 14.7. The largest absolute Gasteiger partial charge is 0.493 e. The lowest BCUT2D eigenvalue weighted by molar-refractivity contribution is 0.324. The van der Waals surface area contributed by atoms with Gasteiger partial charge < -0.3 is 19.2 Å². The Labute approximate surface area is 123 Å². The number of ether oxygens (including phenoxy) is 3. The molecule has 0 amide bonds. The average Bonchev–Trinajstić information content (AvgIpc) is 2.86. The van der Waals surface area contributed by atoms with Crippen molar-refractivity contribution in [2.45, 2.75) is 13.3 Å².